The topological polar surface area (TPSA) is 46.5 Å². The zero-order valence-corrected chi connectivity index (χ0v) is 10.6. The summed E-state index contributed by atoms with van der Waals surface area (Å²) in [6.45, 7) is 6.14. The van der Waals surface area contributed by atoms with Crippen molar-refractivity contribution in [3.05, 3.63) is 0 Å². The molecule has 2 unspecified atom stereocenters. The molecule has 0 heterocycles. The Bertz CT molecular complexity index is 219. The number of aliphatic hydroxyl groups excluding tert-OH is 1. The Morgan fingerprint density at radius 3 is 2.38 bits per heavy atom. The third-order valence-corrected chi connectivity index (χ3v) is 3.53. The summed E-state index contributed by atoms with van der Waals surface area (Å²) in [6.07, 6.45) is 3.92. The molecule has 1 aliphatic carbocycles. The van der Waals surface area contributed by atoms with Gasteiger partial charge in [-0.3, -0.25) is 4.79 Å². The number of aliphatic hydroxyl groups is 1. The van der Waals surface area contributed by atoms with E-state index in [2.05, 4.69) is 0 Å². The van der Waals surface area contributed by atoms with Crippen LogP contribution in [0.2, 0.25) is 0 Å². The Morgan fingerprint density at radius 1 is 1.38 bits per heavy atom. The van der Waals surface area contributed by atoms with Crippen molar-refractivity contribution in [2.75, 3.05) is 6.61 Å². The van der Waals surface area contributed by atoms with Gasteiger partial charge in [-0.05, 0) is 31.6 Å². The first-order chi connectivity index (χ1) is 7.57. The second-order valence-corrected chi connectivity index (χ2v) is 5.06. The first-order valence-electron chi connectivity index (χ1n) is 6.42. The zero-order valence-electron chi connectivity index (χ0n) is 10.6. The Balaban J connectivity index is 2.64. The van der Waals surface area contributed by atoms with Crippen molar-refractivity contribution in [1.29, 1.82) is 0 Å². The SMILES string of the molecule is CCOC(=O)C(C(C)C)C(O)C1CCCC1. The quantitative estimate of drug-likeness (QED) is 0.735. The first-order valence-corrected chi connectivity index (χ1v) is 6.42. The standard InChI is InChI=1S/C13H24O3/c1-4-16-13(15)11(9(2)3)12(14)10-7-5-6-8-10/h9-12,14H,4-8H2,1-3H3. The molecule has 1 fully saturated rings. The lowest BCUT2D eigenvalue weighted by Crippen LogP contribution is -2.38. The number of esters is 1. The molecular formula is C13H24O3. The van der Waals surface area contributed by atoms with Crippen molar-refractivity contribution in [3.8, 4) is 0 Å². The van der Waals surface area contributed by atoms with Gasteiger partial charge in [0.05, 0.1) is 18.6 Å². The van der Waals surface area contributed by atoms with Gasteiger partial charge in [-0.1, -0.05) is 26.7 Å². The maximum atomic E-state index is 11.8. The van der Waals surface area contributed by atoms with Crippen LogP contribution >= 0.6 is 0 Å². The van der Waals surface area contributed by atoms with Crippen LogP contribution in [0.3, 0.4) is 0 Å². The molecule has 2 atom stereocenters. The summed E-state index contributed by atoms with van der Waals surface area (Å²) in [7, 11) is 0. The molecule has 0 aromatic rings. The second kappa shape index (κ2) is 6.24. The van der Waals surface area contributed by atoms with Crippen LogP contribution in [0.1, 0.15) is 46.5 Å². The van der Waals surface area contributed by atoms with Crippen molar-refractivity contribution >= 4 is 5.97 Å². The summed E-state index contributed by atoms with van der Waals surface area (Å²) in [5, 5.41) is 10.3. The van der Waals surface area contributed by atoms with Crippen LogP contribution in [0.15, 0.2) is 0 Å². The van der Waals surface area contributed by atoms with Crippen molar-refractivity contribution in [2.45, 2.75) is 52.6 Å². The molecule has 0 aromatic heterocycles. The predicted octanol–water partition coefficient (Wildman–Crippen LogP) is 2.37. The van der Waals surface area contributed by atoms with Crippen LogP contribution in [0.25, 0.3) is 0 Å². The van der Waals surface area contributed by atoms with Gasteiger partial charge in [-0.25, -0.2) is 0 Å². The predicted molar refractivity (Wildman–Crippen MR) is 62.9 cm³/mol. The van der Waals surface area contributed by atoms with Gasteiger partial charge in [0.25, 0.3) is 0 Å². The number of rotatable bonds is 5. The lowest BCUT2D eigenvalue weighted by molar-refractivity contribution is -0.156. The molecule has 3 heteroatoms. The van der Waals surface area contributed by atoms with Gasteiger partial charge in [-0.15, -0.1) is 0 Å². The minimum absolute atomic E-state index is 0.134. The van der Waals surface area contributed by atoms with E-state index in [1.807, 2.05) is 13.8 Å². The van der Waals surface area contributed by atoms with Crippen molar-refractivity contribution in [3.63, 3.8) is 0 Å². The summed E-state index contributed by atoms with van der Waals surface area (Å²) >= 11 is 0. The second-order valence-electron chi connectivity index (χ2n) is 5.06. The molecule has 94 valence electrons. The van der Waals surface area contributed by atoms with Gasteiger partial charge in [-0.2, -0.15) is 0 Å². The summed E-state index contributed by atoms with van der Waals surface area (Å²) in [4.78, 5) is 11.8. The highest BCUT2D eigenvalue weighted by molar-refractivity contribution is 5.73. The van der Waals surface area contributed by atoms with Crippen molar-refractivity contribution < 1.29 is 14.6 Å². The fourth-order valence-electron chi connectivity index (χ4n) is 2.64. The zero-order chi connectivity index (χ0) is 12.1. The molecular weight excluding hydrogens is 204 g/mol. The normalized spacial score (nSPS) is 21.1. The van der Waals surface area contributed by atoms with Crippen LogP contribution in [-0.2, 0) is 9.53 Å². The number of hydrogen-bond acceptors (Lipinski definition) is 3. The van der Waals surface area contributed by atoms with Gasteiger partial charge >= 0.3 is 5.97 Å². The van der Waals surface area contributed by atoms with Crippen LogP contribution in [0.4, 0.5) is 0 Å². The Hall–Kier alpha value is -0.570. The van der Waals surface area contributed by atoms with E-state index in [-0.39, 0.29) is 23.7 Å². The van der Waals surface area contributed by atoms with Crippen LogP contribution in [0.5, 0.6) is 0 Å². The fraction of sp³-hybridized carbons (Fsp3) is 0.923. The first kappa shape index (κ1) is 13.5. The molecule has 3 nitrogen and oxygen atoms in total. The Kier molecular flexibility index (Phi) is 5.26. The van der Waals surface area contributed by atoms with Crippen LogP contribution in [0, 0.1) is 17.8 Å². The van der Waals surface area contributed by atoms with Gasteiger partial charge < -0.3 is 9.84 Å². The van der Waals surface area contributed by atoms with E-state index in [1.54, 1.807) is 6.92 Å². The van der Waals surface area contributed by atoms with E-state index in [4.69, 9.17) is 4.74 Å². The largest absolute Gasteiger partial charge is 0.466 e. The van der Waals surface area contributed by atoms with Gasteiger partial charge in [0.2, 0.25) is 0 Å². The van der Waals surface area contributed by atoms with Gasteiger partial charge in [0, 0.05) is 0 Å². The third kappa shape index (κ3) is 3.21. The van der Waals surface area contributed by atoms with E-state index in [1.165, 1.54) is 12.8 Å². The average Bonchev–Trinajstić information content (AvgIpc) is 2.70. The lowest BCUT2D eigenvalue weighted by Gasteiger charge is -2.28. The number of ether oxygens (including phenoxy) is 1. The molecule has 0 bridgehead atoms. The van der Waals surface area contributed by atoms with Crippen molar-refractivity contribution in [2.24, 2.45) is 17.8 Å². The van der Waals surface area contributed by atoms with E-state index in [0.717, 1.165) is 12.8 Å². The fourth-order valence-corrected chi connectivity index (χ4v) is 2.64. The van der Waals surface area contributed by atoms with Crippen LogP contribution in [-0.4, -0.2) is 23.8 Å². The number of carbonyl (C=O) groups excluding carboxylic acids is 1. The molecule has 0 aromatic carbocycles. The van der Waals surface area contributed by atoms with Gasteiger partial charge in [0.15, 0.2) is 0 Å². The highest BCUT2D eigenvalue weighted by Gasteiger charge is 2.36. The number of carbonyl (C=O) groups is 1. The molecule has 0 radical (unpaired) electrons. The van der Waals surface area contributed by atoms with Crippen LogP contribution < -0.4 is 0 Å². The molecule has 1 N–H and O–H groups in total. The van der Waals surface area contributed by atoms with E-state index >= 15 is 0 Å². The molecule has 0 saturated heterocycles. The minimum Gasteiger partial charge on any atom is -0.466 e. The number of hydrogen-bond donors (Lipinski definition) is 1. The van der Waals surface area contributed by atoms with Crippen molar-refractivity contribution in [1.82, 2.24) is 0 Å². The third-order valence-electron chi connectivity index (χ3n) is 3.53. The van der Waals surface area contributed by atoms with Gasteiger partial charge in [0.1, 0.15) is 0 Å². The van der Waals surface area contributed by atoms with E-state index in [0.29, 0.717) is 6.61 Å². The molecule has 0 aliphatic heterocycles. The summed E-state index contributed by atoms with van der Waals surface area (Å²) in [6, 6.07) is 0. The smallest absolute Gasteiger partial charge is 0.311 e. The highest BCUT2D eigenvalue weighted by atomic mass is 16.5. The lowest BCUT2D eigenvalue weighted by atomic mass is 9.82. The molecule has 1 aliphatic rings. The molecule has 1 rings (SSSR count). The Morgan fingerprint density at radius 2 is 1.94 bits per heavy atom. The maximum Gasteiger partial charge on any atom is 0.311 e. The summed E-state index contributed by atoms with van der Waals surface area (Å²) < 4.78 is 5.05. The molecule has 16 heavy (non-hydrogen) atoms. The summed E-state index contributed by atoms with van der Waals surface area (Å²) in [5.74, 6) is -0.175. The van der Waals surface area contributed by atoms with E-state index in [9.17, 15) is 9.90 Å². The molecule has 0 spiro atoms. The maximum absolute atomic E-state index is 11.8. The minimum atomic E-state index is -0.526. The average molecular weight is 228 g/mol. The monoisotopic (exact) mass is 228 g/mol. The highest BCUT2D eigenvalue weighted by Crippen LogP contribution is 2.33. The van der Waals surface area contributed by atoms with E-state index < -0.39 is 6.10 Å². The molecule has 0 amide bonds. The molecule has 1 saturated carbocycles. The Labute approximate surface area is 98.2 Å². The summed E-state index contributed by atoms with van der Waals surface area (Å²) in [5.41, 5.74) is 0.